The van der Waals surface area contributed by atoms with Crippen LogP contribution in [0, 0.1) is 0 Å². The summed E-state index contributed by atoms with van der Waals surface area (Å²) in [6.07, 6.45) is 2.35. The number of hydrogen-bond acceptors (Lipinski definition) is 3. The summed E-state index contributed by atoms with van der Waals surface area (Å²) < 4.78 is 0. The second-order valence-electron chi connectivity index (χ2n) is 4.99. The summed E-state index contributed by atoms with van der Waals surface area (Å²) in [7, 11) is 0. The van der Waals surface area contributed by atoms with Crippen molar-refractivity contribution < 1.29 is 14.7 Å². The number of H-pyrrole nitrogens is 1. The zero-order valence-corrected chi connectivity index (χ0v) is 12.2. The Labute approximate surface area is 128 Å². The van der Waals surface area contributed by atoms with Gasteiger partial charge in [0.05, 0.1) is 5.69 Å². The number of carboxylic acids is 1. The lowest BCUT2D eigenvalue weighted by atomic mass is 10.1. The van der Waals surface area contributed by atoms with Gasteiger partial charge in [0, 0.05) is 18.5 Å². The third-order valence-corrected chi connectivity index (χ3v) is 3.25. The highest BCUT2D eigenvalue weighted by Gasteiger charge is 2.10. The molecule has 1 amide bonds. The van der Waals surface area contributed by atoms with E-state index in [9.17, 15) is 9.59 Å². The molecule has 1 aromatic carbocycles. The second-order valence-corrected chi connectivity index (χ2v) is 4.99. The van der Waals surface area contributed by atoms with Crippen LogP contribution in [-0.4, -0.2) is 33.7 Å². The molecule has 1 aromatic heterocycles. The van der Waals surface area contributed by atoms with Crippen LogP contribution in [0.4, 0.5) is 0 Å². The van der Waals surface area contributed by atoms with E-state index in [1.165, 1.54) is 0 Å². The second kappa shape index (κ2) is 7.97. The molecule has 1 heterocycles. The Balaban J connectivity index is 1.77. The van der Waals surface area contributed by atoms with Crippen molar-refractivity contribution in [1.82, 2.24) is 15.5 Å². The van der Waals surface area contributed by atoms with Crippen molar-refractivity contribution >= 4 is 11.9 Å². The number of carboxylic acid groups (broad SMARTS) is 1. The molecule has 0 aliphatic carbocycles. The van der Waals surface area contributed by atoms with Gasteiger partial charge in [-0.1, -0.05) is 36.8 Å². The molecule has 0 spiro atoms. The number of carbonyl (C=O) groups excluding carboxylic acids is 1. The number of rotatable bonds is 8. The largest absolute Gasteiger partial charge is 0.481 e. The minimum atomic E-state index is -0.782. The topological polar surface area (TPSA) is 95.1 Å². The lowest BCUT2D eigenvalue weighted by Crippen LogP contribution is -2.24. The van der Waals surface area contributed by atoms with E-state index >= 15 is 0 Å². The number of aromatic nitrogens is 2. The molecule has 0 unspecified atom stereocenters. The van der Waals surface area contributed by atoms with Crippen molar-refractivity contribution in [2.75, 3.05) is 6.54 Å². The number of aromatic amines is 1. The number of amides is 1. The van der Waals surface area contributed by atoms with Gasteiger partial charge in [0.15, 0.2) is 0 Å². The van der Waals surface area contributed by atoms with Gasteiger partial charge in [-0.15, -0.1) is 0 Å². The number of aliphatic carboxylic acids is 1. The van der Waals surface area contributed by atoms with E-state index in [1.807, 2.05) is 30.3 Å². The predicted molar refractivity (Wildman–Crippen MR) is 82.5 cm³/mol. The molecule has 2 rings (SSSR count). The third-order valence-electron chi connectivity index (χ3n) is 3.25. The van der Waals surface area contributed by atoms with Crippen LogP contribution in [0.1, 0.15) is 36.2 Å². The highest BCUT2D eigenvalue weighted by atomic mass is 16.4. The maximum absolute atomic E-state index is 12.0. The molecule has 0 radical (unpaired) electrons. The van der Waals surface area contributed by atoms with E-state index in [1.54, 1.807) is 6.07 Å². The van der Waals surface area contributed by atoms with Gasteiger partial charge >= 0.3 is 5.97 Å². The Morgan fingerprint density at radius 3 is 2.64 bits per heavy atom. The molecule has 6 nitrogen and oxygen atoms in total. The van der Waals surface area contributed by atoms with E-state index in [0.717, 1.165) is 24.1 Å². The molecule has 0 saturated carbocycles. The zero-order chi connectivity index (χ0) is 15.8. The molecular formula is C16H19N3O3. The third kappa shape index (κ3) is 4.73. The van der Waals surface area contributed by atoms with Crippen LogP contribution in [-0.2, 0) is 4.79 Å². The van der Waals surface area contributed by atoms with E-state index in [2.05, 4.69) is 15.5 Å². The number of carbonyl (C=O) groups is 2. The monoisotopic (exact) mass is 301 g/mol. The molecule has 6 heteroatoms. The predicted octanol–water partition coefficient (Wildman–Crippen LogP) is 2.45. The average Bonchev–Trinajstić information content (AvgIpc) is 3.01. The van der Waals surface area contributed by atoms with Crippen LogP contribution in [0.25, 0.3) is 11.3 Å². The normalized spacial score (nSPS) is 10.4. The molecule has 3 N–H and O–H groups in total. The van der Waals surface area contributed by atoms with Crippen molar-refractivity contribution in [3.05, 3.63) is 42.1 Å². The standard InChI is InChI=1S/C16H19N3O3/c20-15(21)9-5-2-6-10-17-16(22)14-11-13(18-19-14)12-7-3-1-4-8-12/h1,3-4,7-8,11H,2,5-6,9-10H2,(H,17,22)(H,18,19)(H,20,21). The average molecular weight is 301 g/mol. The fourth-order valence-corrected chi connectivity index (χ4v) is 2.07. The lowest BCUT2D eigenvalue weighted by Gasteiger charge is -2.02. The maximum Gasteiger partial charge on any atom is 0.303 e. The van der Waals surface area contributed by atoms with Gasteiger partial charge in [0.25, 0.3) is 5.91 Å². The molecule has 116 valence electrons. The molecule has 0 aliphatic rings. The molecule has 0 bridgehead atoms. The van der Waals surface area contributed by atoms with E-state index in [4.69, 9.17) is 5.11 Å². The van der Waals surface area contributed by atoms with Crippen LogP contribution in [0.2, 0.25) is 0 Å². The van der Waals surface area contributed by atoms with Gasteiger partial charge < -0.3 is 10.4 Å². The van der Waals surface area contributed by atoms with Crippen LogP contribution in [0.15, 0.2) is 36.4 Å². The van der Waals surface area contributed by atoms with Crippen LogP contribution in [0.5, 0.6) is 0 Å². The fraction of sp³-hybridized carbons (Fsp3) is 0.312. The summed E-state index contributed by atoms with van der Waals surface area (Å²) in [4.78, 5) is 22.3. The van der Waals surface area contributed by atoms with Crippen LogP contribution < -0.4 is 5.32 Å². The molecule has 0 atom stereocenters. The molecular weight excluding hydrogens is 282 g/mol. The van der Waals surface area contributed by atoms with Crippen molar-refractivity contribution in [3.63, 3.8) is 0 Å². The summed E-state index contributed by atoms with van der Waals surface area (Å²) in [5.74, 6) is -0.983. The van der Waals surface area contributed by atoms with E-state index < -0.39 is 5.97 Å². The van der Waals surface area contributed by atoms with Gasteiger partial charge in [0.2, 0.25) is 0 Å². The van der Waals surface area contributed by atoms with Crippen molar-refractivity contribution in [3.8, 4) is 11.3 Å². The van der Waals surface area contributed by atoms with Crippen molar-refractivity contribution in [2.24, 2.45) is 0 Å². The quantitative estimate of drug-likeness (QED) is 0.653. The first-order valence-electron chi connectivity index (χ1n) is 7.27. The minimum Gasteiger partial charge on any atom is -0.481 e. The molecule has 0 aliphatic heterocycles. The first-order chi connectivity index (χ1) is 10.7. The lowest BCUT2D eigenvalue weighted by molar-refractivity contribution is -0.137. The molecule has 2 aromatic rings. The first kappa shape index (κ1) is 15.8. The smallest absolute Gasteiger partial charge is 0.303 e. The fourth-order valence-electron chi connectivity index (χ4n) is 2.07. The summed E-state index contributed by atoms with van der Waals surface area (Å²) in [5, 5.41) is 18.2. The number of benzene rings is 1. The van der Waals surface area contributed by atoms with Crippen molar-refractivity contribution in [1.29, 1.82) is 0 Å². The number of unbranched alkanes of at least 4 members (excludes halogenated alkanes) is 2. The Hall–Kier alpha value is -2.63. The highest BCUT2D eigenvalue weighted by molar-refractivity contribution is 5.93. The molecule has 0 fully saturated rings. The highest BCUT2D eigenvalue weighted by Crippen LogP contribution is 2.16. The summed E-state index contributed by atoms with van der Waals surface area (Å²) in [5.41, 5.74) is 2.10. The SMILES string of the molecule is O=C(O)CCCCCNC(=O)c1cc(-c2ccccc2)n[nH]1. The zero-order valence-electron chi connectivity index (χ0n) is 12.2. The first-order valence-corrected chi connectivity index (χ1v) is 7.27. The Bertz CT molecular complexity index is 623. The Morgan fingerprint density at radius 2 is 1.91 bits per heavy atom. The van der Waals surface area contributed by atoms with E-state index in [-0.39, 0.29) is 12.3 Å². The maximum atomic E-state index is 12.0. The van der Waals surface area contributed by atoms with E-state index in [0.29, 0.717) is 18.7 Å². The van der Waals surface area contributed by atoms with Gasteiger partial charge in [-0.2, -0.15) is 5.10 Å². The van der Waals surface area contributed by atoms with Crippen molar-refractivity contribution in [2.45, 2.75) is 25.7 Å². The summed E-state index contributed by atoms with van der Waals surface area (Å²) >= 11 is 0. The van der Waals surface area contributed by atoms with Gasteiger partial charge in [-0.25, -0.2) is 0 Å². The molecule has 22 heavy (non-hydrogen) atoms. The van der Waals surface area contributed by atoms with Crippen LogP contribution in [0.3, 0.4) is 0 Å². The number of hydrogen-bond donors (Lipinski definition) is 3. The number of nitrogens with zero attached hydrogens (tertiary/aromatic N) is 1. The minimum absolute atomic E-state index is 0.176. The molecule has 0 saturated heterocycles. The van der Waals surface area contributed by atoms with Gasteiger partial charge in [0.1, 0.15) is 5.69 Å². The Kier molecular flexibility index (Phi) is 5.71. The van der Waals surface area contributed by atoms with Gasteiger partial charge in [-0.3, -0.25) is 14.7 Å². The van der Waals surface area contributed by atoms with Gasteiger partial charge in [-0.05, 0) is 18.9 Å². The summed E-state index contributed by atoms with van der Waals surface area (Å²) in [6, 6.07) is 11.3. The number of nitrogens with one attached hydrogen (secondary N) is 2. The Morgan fingerprint density at radius 1 is 1.14 bits per heavy atom. The van der Waals surface area contributed by atoms with Crippen LogP contribution >= 0.6 is 0 Å². The summed E-state index contributed by atoms with van der Waals surface area (Å²) in [6.45, 7) is 0.526.